The van der Waals surface area contributed by atoms with E-state index >= 15 is 0 Å². The Morgan fingerprint density at radius 2 is 0.958 bits per heavy atom. The fraction of sp³-hybridized carbons (Fsp3) is 0.333. The molecule has 6 heteroatoms. The van der Waals surface area contributed by atoms with Crippen LogP contribution in [0, 0.1) is 10.8 Å². The van der Waals surface area contributed by atoms with Crippen LogP contribution in [0.5, 0.6) is 0 Å². The minimum atomic E-state index is -1.40. The van der Waals surface area contributed by atoms with E-state index in [1.54, 1.807) is 0 Å². The minimum absolute atomic E-state index is 0.0556. The van der Waals surface area contributed by atoms with Gasteiger partial charge in [0.15, 0.2) is 23.1 Å². The van der Waals surface area contributed by atoms with Gasteiger partial charge in [0, 0.05) is 11.1 Å². The molecule has 2 aliphatic carbocycles. The lowest BCUT2D eigenvalue weighted by Gasteiger charge is -2.26. The summed E-state index contributed by atoms with van der Waals surface area (Å²) in [7, 11) is 0. The molecule has 0 radical (unpaired) electrons. The number of Topliss-reactive ketones (excluding diaryl/α,β-unsaturated/α-hetero) is 4. The van der Waals surface area contributed by atoms with Gasteiger partial charge < -0.3 is 10.2 Å². The maximum absolute atomic E-state index is 12.3. The molecule has 0 aromatic carbocycles. The molecule has 0 fully saturated rings. The van der Waals surface area contributed by atoms with Crippen molar-refractivity contribution >= 4 is 23.1 Å². The van der Waals surface area contributed by atoms with Gasteiger partial charge in [-0.15, -0.1) is 0 Å². The molecule has 2 rings (SSSR count). The molecule has 0 aromatic rings. The number of hydrogen-bond acceptors (Lipinski definition) is 6. The molecule has 0 saturated heterocycles. The molecule has 2 aliphatic rings. The van der Waals surface area contributed by atoms with Crippen LogP contribution in [0.15, 0.2) is 47.0 Å². The first-order valence-corrected chi connectivity index (χ1v) is 7.33. The van der Waals surface area contributed by atoms with Crippen molar-refractivity contribution in [3.63, 3.8) is 0 Å². The van der Waals surface area contributed by atoms with Crippen LogP contribution in [0.4, 0.5) is 0 Å². The highest BCUT2D eigenvalue weighted by Crippen LogP contribution is 2.33. The van der Waals surface area contributed by atoms with Crippen molar-refractivity contribution in [2.24, 2.45) is 10.8 Å². The van der Waals surface area contributed by atoms with Gasteiger partial charge in [-0.1, -0.05) is 12.2 Å². The van der Waals surface area contributed by atoms with E-state index in [0.717, 1.165) is 12.2 Å². The monoisotopic (exact) mass is 330 g/mol. The second-order valence-electron chi connectivity index (χ2n) is 6.87. The van der Waals surface area contributed by atoms with Crippen LogP contribution in [0.2, 0.25) is 0 Å². The Kier molecular flexibility index (Phi) is 3.96. The van der Waals surface area contributed by atoms with Crippen LogP contribution >= 0.6 is 0 Å². The third-order valence-corrected chi connectivity index (χ3v) is 4.29. The predicted molar refractivity (Wildman–Crippen MR) is 85.2 cm³/mol. The topological polar surface area (TPSA) is 109 Å². The van der Waals surface area contributed by atoms with Gasteiger partial charge in [0.25, 0.3) is 0 Å². The van der Waals surface area contributed by atoms with Gasteiger partial charge in [0.2, 0.25) is 11.6 Å². The normalized spacial score (nSPS) is 26.7. The van der Waals surface area contributed by atoms with E-state index in [-0.39, 0.29) is 11.1 Å². The van der Waals surface area contributed by atoms with Gasteiger partial charge >= 0.3 is 0 Å². The SMILES string of the molecule is CC1(C)C(=O)C(O)=CC(=CC=C2C=C(O)C(=O)C(C)(C)C2=O)C1=O. The van der Waals surface area contributed by atoms with E-state index in [0.29, 0.717) is 0 Å². The van der Waals surface area contributed by atoms with E-state index in [4.69, 9.17) is 0 Å². The molecule has 0 aromatic heterocycles. The first-order valence-electron chi connectivity index (χ1n) is 7.33. The highest BCUT2D eigenvalue weighted by atomic mass is 16.3. The van der Waals surface area contributed by atoms with Crippen LogP contribution in [0.25, 0.3) is 0 Å². The smallest absolute Gasteiger partial charge is 0.210 e. The fourth-order valence-corrected chi connectivity index (χ4v) is 2.55. The van der Waals surface area contributed by atoms with Gasteiger partial charge in [0.1, 0.15) is 0 Å². The Hall–Kier alpha value is -2.76. The summed E-state index contributed by atoms with van der Waals surface area (Å²) in [4.78, 5) is 48.3. The van der Waals surface area contributed by atoms with E-state index in [1.807, 2.05) is 0 Å². The third-order valence-electron chi connectivity index (χ3n) is 4.29. The lowest BCUT2D eigenvalue weighted by Crippen LogP contribution is -2.39. The average molecular weight is 330 g/mol. The van der Waals surface area contributed by atoms with Gasteiger partial charge in [-0.05, 0) is 39.8 Å². The lowest BCUT2D eigenvalue weighted by atomic mass is 9.74. The van der Waals surface area contributed by atoms with E-state index in [9.17, 15) is 29.4 Å². The summed E-state index contributed by atoms with van der Waals surface area (Å²) in [5.74, 6) is -3.39. The summed E-state index contributed by atoms with van der Waals surface area (Å²) >= 11 is 0. The molecule has 0 spiro atoms. The van der Waals surface area contributed by atoms with Crippen molar-refractivity contribution in [3.8, 4) is 0 Å². The minimum Gasteiger partial charge on any atom is -0.504 e. The number of carbonyl (C=O) groups is 4. The summed E-state index contributed by atoms with van der Waals surface area (Å²) in [6.07, 6.45) is 4.66. The van der Waals surface area contributed by atoms with Crippen LogP contribution < -0.4 is 0 Å². The molecule has 0 unspecified atom stereocenters. The van der Waals surface area contributed by atoms with Crippen LogP contribution in [-0.4, -0.2) is 33.3 Å². The van der Waals surface area contributed by atoms with Gasteiger partial charge in [-0.2, -0.15) is 0 Å². The quantitative estimate of drug-likeness (QED) is 0.563. The van der Waals surface area contributed by atoms with E-state index < -0.39 is 45.5 Å². The first-order chi connectivity index (χ1) is 10.9. The first kappa shape index (κ1) is 17.6. The molecule has 24 heavy (non-hydrogen) atoms. The maximum Gasteiger partial charge on any atom is 0.210 e. The van der Waals surface area contributed by atoms with Crippen molar-refractivity contribution in [2.45, 2.75) is 27.7 Å². The van der Waals surface area contributed by atoms with Gasteiger partial charge in [-0.25, -0.2) is 0 Å². The van der Waals surface area contributed by atoms with Crippen molar-refractivity contribution in [3.05, 3.63) is 47.0 Å². The molecular weight excluding hydrogens is 312 g/mol. The molecule has 0 bridgehead atoms. The number of hydrogen-bond donors (Lipinski definition) is 2. The largest absolute Gasteiger partial charge is 0.504 e. The van der Waals surface area contributed by atoms with Gasteiger partial charge in [-0.3, -0.25) is 19.2 Å². The summed E-state index contributed by atoms with van der Waals surface area (Å²) in [5.41, 5.74) is -2.68. The van der Waals surface area contributed by atoms with Crippen molar-refractivity contribution < 1.29 is 29.4 Å². The van der Waals surface area contributed by atoms with Crippen molar-refractivity contribution in [2.75, 3.05) is 0 Å². The standard InChI is InChI=1S/C18H18O6/c1-17(2)13(21)9(7-11(19)15(17)23)5-6-10-8-12(20)16(24)18(3,4)14(10)22/h5-8,19-20H,1-4H3. The van der Waals surface area contributed by atoms with Crippen LogP contribution in [0.3, 0.4) is 0 Å². The second-order valence-corrected chi connectivity index (χ2v) is 6.87. The maximum atomic E-state index is 12.3. The summed E-state index contributed by atoms with van der Waals surface area (Å²) < 4.78 is 0. The summed E-state index contributed by atoms with van der Waals surface area (Å²) in [6, 6.07) is 0. The third kappa shape index (κ3) is 2.54. The molecule has 0 heterocycles. The molecular formula is C18H18O6. The van der Waals surface area contributed by atoms with Crippen LogP contribution in [0.1, 0.15) is 27.7 Å². The molecule has 2 N–H and O–H groups in total. The molecule has 126 valence electrons. The Balaban J connectivity index is 2.52. The number of rotatable bonds is 1. The number of aliphatic hydroxyl groups is 2. The van der Waals surface area contributed by atoms with E-state index in [2.05, 4.69) is 0 Å². The lowest BCUT2D eigenvalue weighted by molar-refractivity contribution is -0.137. The Morgan fingerprint density at radius 1 is 0.667 bits per heavy atom. The number of allylic oxidation sites excluding steroid dienone is 8. The van der Waals surface area contributed by atoms with Crippen molar-refractivity contribution in [1.82, 2.24) is 0 Å². The zero-order valence-electron chi connectivity index (χ0n) is 13.8. The zero-order chi connectivity index (χ0) is 18.4. The molecule has 0 aliphatic heterocycles. The number of aliphatic hydroxyl groups excluding tert-OH is 2. The van der Waals surface area contributed by atoms with Crippen molar-refractivity contribution in [1.29, 1.82) is 0 Å². The fourth-order valence-electron chi connectivity index (χ4n) is 2.55. The highest BCUT2D eigenvalue weighted by molar-refractivity contribution is 6.23. The van der Waals surface area contributed by atoms with E-state index in [1.165, 1.54) is 39.8 Å². The predicted octanol–water partition coefficient (Wildman–Crippen LogP) is 2.08. The number of ketones is 4. The molecule has 6 nitrogen and oxygen atoms in total. The zero-order valence-corrected chi connectivity index (χ0v) is 13.8. The second kappa shape index (κ2) is 5.40. The molecule has 0 atom stereocenters. The Bertz CT molecular complexity index is 731. The van der Waals surface area contributed by atoms with Gasteiger partial charge in [0.05, 0.1) is 10.8 Å². The molecule has 0 saturated carbocycles. The number of carbonyl (C=O) groups excluding carboxylic acids is 4. The van der Waals surface area contributed by atoms with Crippen LogP contribution in [-0.2, 0) is 19.2 Å². The average Bonchev–Trinajstić information content (AvgIpc) is 2.51. The Morgan fingerprint density at radius 3 is 1.25 bits per heavy atom. The summed E-state index contributed by atoms with van der Waals surface area (Å²) in [5, 5.41) is 19.4. The summed E-state index contributed by atoms with van der Waals surface area (Å²) in [6.45, 7) is 5.62. The highest BCUT2D eigenvalue weighted by Gasteiger charge is 2.44. The Labute approximate surface area is 138 Å². The molecule has 0 amide bonds.